The van der Waals surface area contributed by atoms with Crippen LogP contribution in [0.3, 0.4) is 0 Å². The smallest absolute Gasteiger partial charge is 0.160 e. The molecule has 10 aromatic rings. The topological polar surface area (TPSA) is 38.7 Å². The highest BCUT2D eigenvalue weighted by atomic mass is 14.9. The maximum absolute atomic E-state index is 5.05. The molecule has 0 fully saturated rings. The lowest BCUT2D eigenvalue weighted by molar-refractivity contribution is 1.18. The number of rotatable bonds is 6. The van der Waals surface area contributed by atoms with Gasteiger partial charge in [-0.15, -0.1) is 0 Å². The van der Waals surface area contributed by atoms with Gasteiger partial charge in [0.2, 0.25) is 0 Å². The van der Waals surface area contributed by atoms with E-state index in [-0.39, 0.29) is 0 Å². The number of hydrogen-bond acceptors (Lipinski definition) is 3. The lowest BCUT2D eigenvalue weighted by Crippen LogP contribution is -1.96. The molecule has 0 amide bonds. The normalized spacial score (nSPS) is 11.3. The predicted molar refractivity (Wildman–Crippen MR) is 225 cm³/mol. The number of benzene rings is 8. The van der Waals surface area contributed by atoms with Crippen LogP contribution in [0.1, 0.15) is 0 Å². The number of pyridine rings is 1. The van der Waals surface area contributed by atoms with E-state index in [2.05, 4.69) is 163 Å². The zero-order chi connectivity index (χ0) is 35.8. The van der Waals surface area contributed by atoms with Crippen LogP contribution < -0.4 is 0 Å². The molecule has 0 aliphatic heterocycles. The zero-order valence-corrected chi connectivity index (χ0v) is 29.4. The minimum absolute atomic E-state index is 0.704. The number of fused-ring (bicyclic) bond motifs is 6. The summed E-state index contributed by atoms with van der Waals surface area (Å²) < 4.78 is 0. The van der Waals surface area contributed by atoms with Crippen LogP contribution in [-0.2, 0) is 0 Å². The number of nitrogens with zero attached hydrogens (tertiary/aromatic N) is 3. The van der Waals surface area contributed by atoms with E-state index in [0.29, 0.717) is 5.82 Å². The van der Waals surface area contributed by atoms with Gasteiger partial charge in [0.15, 0.2) is 5.82 Å². The summed E-state index contributed by atoms with van der Waals surface area (Å²) in [4.78, 5) is 14.2. The van der Waals surface area contributed by atoms with E-state index in [4.69, 9.17) is 9.97 Å². The molecule has 10 rings (SSSR count). The Kier molecular flexibility index (Phi) is 7.81. The Morgan fingerprint density at radius 1 is 0.241 bits per heavy atom. The number of hydrogen-bond donors (Lipinski definition) is 0. The fourth-order valence-corrected chi connectivity index (χ4v) is 7.61. The second kappa shape index (κ2) is 13.4. The molecule has 0 spiro atoms. The second-order valence-corrected chi connectivity index (χ2v) is 13.6. The highest BCUT2D eigenvalue weighted by Crippen LogP contribution is 2.38. The molecule has 3 heteroatoms. The maximum atomic E-state index is 5.05. The van der Waals surface area contributed by atoms with Crippen molar-refractivity contribution >= 4 is 32.3 Å². The molecule has 0 atom stereocenters. The molecule has 3 nitrogen and oxygen atoms in total. The van der Waals surface area contributed by atoms with Crippen LogP contribution in [-0.4, -0.2) is 15.0 Å². The van der Waals surface area contributed by atoms with Crippen molar-refractivity contribution in [3.05, 3.63) is 200 Å². The molecular formula is C51H33N3. The van der Waals surface area contributed by atoms with E-state index in [9.17, 15) is 0 Å². The SMILES string of the molecule is c1ccc(-c2nc(-c3ccc(-c4ccncc4)cc3)cc(-c3ccc(-c4ccc(-c5ccc6c7ccccc7c7ccccc7c6c5)cc4)cc3)n2)cc1. The molecule has 8 aromatic carbocycles. The third-order valence-corrected chi connectivity index (χ3v) is 10.4. The standard InChI is InChI=1S/C51H33N3/c1-2-8-41(9-3-1)51-53-49(33-50(54-51)40-24-20-36(21-25-40)38-28-30-52-31-29-38)39-22-18-35(19-23-39)34-14-16-37(17-15-34)42-26-27-47-45-12-5-4-10-43(45)44-11-6-7-13-46(44)48(47)32-42/h1-33H. The van der Waals surface area contributed by atoms with Gasteiger partial charge in [-0.25, -0.2) is 9.97 Å². The van der Waals surface area contributed by atoms with E-state index >= 15 is 0 Å². The molecule has 0 unspecified atom stereocenters. The van der Waals surface area contributed by atoms with Crippen molar-refractivity contribution < 1.29 is 0 Å². The van der Waals surface area contributed by atoms with Gasteiger partial charge in [-0.05, 0) is 90.0 Å². The molecule has 0 N–H and O–H groups in total. The fourth-order valence-electron chi connectivity index (χ4n) is 7.61. The van der Waals surface area contributed by atoms with Gasteiger partial charge < -0.3 is 0 Å². The molecule has 0 aliphatic rings. The van der Waals surface area contributed by atoms with Gasteiger partial charge in [0, 0.05) is 29.1 Å². The summed E-state index contributed by atoms with van der Waals surface area (Å²) in [5.74, 6) is 0.704. The van der Waals surface area contributed by atoms with Crippen molar-refractivity contribution in [2.45, 2.75) is 0 Å². The third kappa shape index (κ3) is 5.78. The predicted octanol–water partition coefficient (Wildman–Crippen LogP) is 13.3. The van der Waals surface area contributed by atoms with Crippen LogP contribution >= 0.6 is 0 Å². The van der Waals surface area contributed by atoms with Gasteiger partial charge in [0.25, 0.3) is 0 Å². The van der Waals surface area contributed by atoms with Crippen LogP contribution in [0.2, 0.25) is 0 Å². The van der Waals surface area contributed by atoms with E-state index in [0.717, 1.165) is 44.8 Å². The quantitative estimate of drug-likeness (QED) is 0.163. The average molecular weight is 688 g/mol. The Balaban J connectivity index is 0.964. The summed E-state index contributed by atoms with van der Waals surface area (Å²) in [6.45, 7) is 0. The van der Waals surface area contributed by atoms with Crippen molar-refractivity contribution in [1.82, 2.24) is 15.0 Å². The Labute approximate surface area is 313 Å². The van der Waals surface area contributed by atoms with Crippen molar-refractivity contribution in [3.63, 3.8) is 0 Å². The Morgan fingerprint density at radius 2 is 0.611 bits per heavy atom. The van der Waals surface area contributed by atoms with E-state index < -0.39 is 0 Å². The molecule has 0 radical (unpaired) electrons. The molecule has 2 aromatic heterocycles. The van der Waals surface area contributed by atoms with Crippen LogP contribution in [0, 0.1) is 0 Å². The molecule has 252 valence electrons. The molecule has 54 heavy (non-hydrogen) atoms. The lowest BCUT2D eigenvalue weighted by atomic mass is 9.92. The molecule has 0 saturated heterocycles. The molecule has 0 aliphatic carbocycles. The van der Waals surface area contributed by atoms with Gasteiger partial charge in [-0.1, -0.05) is 164 Å². The highest BCUT2D eigenvalue weighted by Gasteiger charge is 2.13. The maximum Gasteiger partial charge on any atom is 0.160 e. The van der Waals surface area contributed by atoms with Crippen LogP contribution in [0.15, 0.2) is 200 Å². The lowest BCUT2D eigenvalue weighted by Gasteiger charge is -2.12. The van der Waals surface area contributed by atoms with E-state index in [1.54, 1.807) is 0 Å². The summed E-state index contributed by atoms with van der Waals surface area (Å²) in [6, 6.07) is 66.8. The molecule has 0 saturated carbocycles. The van der Waals surface area contributed by atoms with E-state index in [1.807, 2.05) is 42.7 Å². The first-order valence-corrected chi connectivity index (χ1v) is 18.2. The highest BCUT2D eigenvalue weighted by molar-refractivity contribution is 6.25. The molecule has 2 heterocycles. The Bertz CT molecular complexity index is 2900. The van der Waals surface area contributed by atoms with Gasteiger partial charge in [-0.3, -0.25) is 4.98 Å². The first-order valence-electron chi connectivity index (χ1n) is 18.2. The van der Waals surface area contributed by atoms with Gasteiger partial charge in [-0.2, -0.15) is 0 Å². The molecular weight excluding hydrogens is 655 g/mol. The van der Waals surface area contributed by atoms with Gasteiger partial charge in [0.1, 0.15) is 0 Å². The van der Waals surface area contributed by atoms with Crippen molar-refractivity contribution in [1.29, 1.82) is 0 Å². The zero-order valence-electron chi connectivity index (χ0n) is 29.4. The van der Waals surface area contributed by atoms with Gasteiger partial charge in [0.05, 0.1) is 11.4 Å². The Morgan fingerprint density at radius 3 is 1.11 bits per heavy atom. The fraction of sp³-hybridized carbons (Fsp3) is 0. The first kappa shape index (κ1) is 31.5. The third-order valence-electron chi connectivity index (χ3n) is 10.4. The van der Waals surface area contributed by atoms with Crippen LogP contribution in [0.25, 0.3) is 99.6 Å². The summed E-state index contributed by atoms with van der Waals surface area (Å²) in [6.07, 6.45) is 3.64. The molecule has 0 bridgehead atoms. The summed E-state index contributed by atoms with van der Waals surface area (Å²) in [5.41, 5.74) is 11.9. The monoisotopic (exact) mass is 687 g/mol. The van der Waals surface area contributed by atoms with Gasteiger partial charge >= 0.3 is 0 Å². The average Bonchev–Trinajstić information content (AvgIpc) is 3.27. The van der Waals surface area contributed by atoms with Crippen molar-refractivity contribution in [2.24, 2.45) is 0 Å². The first-order chi connectivity index (χ1) is 26.7. The van der Waals surface area contributed by atoms with Crippen molar-refractivity contribution in [3.8, 4) is 67.3 Å². The van der Waals surface area contributed by atoms with Crippen molar-refractivity contribution in [2.75, 3.05) is 0 Å². The largest absolute Gasteiger partial charge is 0.265 e. The summed E-state index contributed by atoms with van der Waals surface area (Å²) >= 11 is 0. The Hall–Kier alpha value is -7.23. The summed E-state index contributed by atoms with van der Waals surface area (Å²) in [7, 11) is 0. The minimum atomic E-state index is 0.704. The van der Waals surface area contributed by atoms with Crippen LogP contribution in [0.4, 0.5) is 0 Å². The summed E-state index contributed by atoms with van der Waals surface area (Å²) in [5, 5.41) is 7.74. The second-order valence-electron chi connectivity index (χ2n) is 13.6. The minimum Gasteiger partial charge on any atom is -0.265 e. The van der Waals surface area contributed by atoms with E-state index in [1.165, 1.54) is 49.0 Å². The van der Waals surface area contributed by atoms with Crippen LogP contribution in [0.5, 0.6) is 0 Å². The number of aromatic nitrogens is 3.